The van der Waals surface area contributed by atoms with Crippen molar-refractivity contribution in [1.82, 2.24) is 19.2 Å². The lowest BCUT2D eigenvalue weighted by atomic mass is 10.3. The van der Waals surface area contributed by atoms with Crippen molar-refractivity contribution in [3.8, 4) is 0 Å². The van der Waals surface area contributed by atoms with Crippen LogP contribution in [0.15, 0.2) is 17.2 Å². The Kier molecular flexibility index (Phi) is 7.12. The fourth-order valence-corrected chi connectivity index (χ4v) is 3.59. The molecule has 9 heteroatoms. The molecule has 0 saturated heterocycles. The van der Waals surface area contributed by atoms with E-state index in [4.69, 9.17) is 4.74 Å². The third-order valence-electron chi connectivity index (χ3n) is 3.90. The molecule has 146 valence electrons. The Morgan fingerprint density at radius 3 is 2.56 bits per heavy atom. The van der Waals surface area contributed by atoms with E-state index in [-0.39, 0.29) is 24.6 Å². The molecule has 0 aliphatic heterocycles. The van der Waals surface area contributed by atoms with Gasteiger partial charge in [0.25, 0.3) is 5.56 Å². The molecule has 1 amide bonds. The number of amides is 1. The SMILES string of the molecule is CCOC(=O)/C=c1/s/c(=C/c2cnn(C)c2)c(=O)n1CC(=O)N(CC)CC. The van der Waals surface area contributed by atoms with Crippen LogP contribution in [-0.2, 0) is 27.9 Å². The number of rotatable bonds is 7. The van der Waals surface area contributed by atoms with Crippen LogP contribution < -0.4 is 14.8 Å². The summed E-state index contributed by atoms with van der Waals surface area (Å²) >= 11 is 1.14. The van der Waals surface area contributed by atoms with Crippen molar-refractivity contribution in [3.63, 3.8) is 0 Å². The number of thiazole rings is 1. The van der Waals surface area contributed by atoms with Crippen LogP contribution in [0.5, 0.6) is 0 Å². The van der Waals surface area contributed by atoms with Gasteiger partial charge >= 0.3 is 5.97 Å². The average molecular weight is 392 g/mol. The Labute approximate surface area is 161 Å². The summed E-state index contributed by atoms with van der Waals surface area (Å²) in [6, 6.07) is 0. The normalized spacial score (nSPS) is 12.4. The van der Waals surface area contributed by atoms with Crippen LogP contribution in [-0.4, -0.2) is 50.8 Å². The highest BCUT2D eigenvalue weighted by Crippen LogP contribution is 1.97. The lowest BCUT2D eigenvalue weighted by Gasteiger charge is -2.18. The second-order valence-electron chi connectivity index (χ2n) is 5.75. The average Bonchev–Trinajstić information content (AvgIpc) is 3.15. The smallest absolute Gasteiger partial charge is 0.333 e. The third kappa shape index (κ3) is 5.16. The van der Waals surface area contributed by atoms with E-state index < -0.39 is 5.97 Å². The van der Waals surface area contributed by atoms with Gasteiger partial charge in [-0.25, -0.2) is 4.79 Å². The standard InChI is InChI=1S/C18H24N4O4S/c1-5-21(6-2)15(23)12-22-16(9-17(24)26-7-3)27-14(18(22)25)8-13-10-19-20(4)11-13/h8-11H,5-7,12H2,1-4H3/b14-8+,16-9+. The first-order valence-corrected chi connectivity index (χ1v) is 9.57. The zero-order valence-electron chi connectivity index (χ0n) is 16.0. The summed E-state index contributed by atoms with van der Waals surface area (Å²) in [5.41, 5.74) is 0.445. The van der Waals surface area contributed by atoms with Crippen LogP contribution in [0.2, 0.25) is 0 Å². The molecule has 0 radical (unpaired) electrons. The largest absolute Gasteiger partial charge is 0.463 e. The molecule has 0 bridgehead atoms. The van der Waals surface area contributed by atoms with Gasteiger partial charge in [0.2, 0.25) is 5.91 Å². The lowest BCUT2D eigenvalue weighted by molar-refractivity contribution is -0.135. The number of likely N-dealkylation sites (N-methyl/N-ethyl adjacent to an activating group) is 1. The van der Waals surface area contributed by atoms with Crippen LogP contribution in [0.25, 0.3) is 12.2 Å². The first-order chi connectivity index (χ1) is 12.9. The molecule has 0 aromatic carbocycles. The van der Waals surface area contributed by atoms with Crippen LogP contribution in [0.4, 0.5) is 0 Å². The van der Waals surface area contributed by atoms with Gasteiger partial charge in [-0.15, -0.1) is 11.3 Å². The molecule has 2 heterocycles. The molecule has 8 nitrogen and oxygen atoms in total. The summed E-state index contributed by atoms with van der Waals surface area (Å²) in [5.74, 6) is -0.720. The molecular weight excluding hydrogens is 368 g/mol. The maximum Gasteiger partial charge on any atom is 0.333 e. The maximum absolute atomic E-state index is 12.8. The minimum absolute atomic E-state index is 0.122. The molecule has 0 aliphatic rings. The minimum Gasteiger partial charge on any atom is -0.463 e. The first-order valence-electron chi connectivity index (χ1n) is 8.75. The van der Waals surface area contributed by atoms with E-state index in [2.05, 4.69) is 5.10 Å². The van der Waals surface area contributed by atoms with Gasteiger partial charge in [-0.1, -0.05) is 0 Å². The Balaban J connectivity index is 2.55. The van der Waals surface area contributed by atoms with E-state index in [0.717, 1.165) is 16.9 Å². The van der Waals surface area contributed by atoms with E-state index in [0.29, 0.717) is 22.3 Å². The second-order valence-corrected chi connectivity index (χ2v) is 6.81. The van der Waals surface area contributed by atoms with Crippen LogP contribution in [0.3, 0.4) is 0 Å². The second kappa shape index (κ2) is 9.31. The number of ether oxygens (including phenoxy) is 1. The zero-order chi connectivity index (χ0) is 20.0. The van der Waals surface area contributed by atoms with Crippen molar-refractivity contribution in [2.75, 3.05) is 19.7 Å². The van der Waals surface area contributed by atoms with Crippen molar-refractivity contribution < 1.29 is 14.3 Å². The maximum atomic E-state index is 12.8. The summed E-state index contributed by atoms with van der Waals surface area (Å²) < 4.78 is 8.71. The lowest BCUT2D eigenvalue weighted by Crippen LogP contribution is -2.40. The third-order valence-corrected chi connectivity index (χ3v) is 4.96. The van der Waals surface area contributed by atoms with Crippen molar-refractivity contribution in [3.05, 3.63) is 37.5 Å². The van der Waals surface area contributed by atoms with Gasteiger partial charge in [-0.3, -0.25) is 18.8 Å². The highest BCUT2D eigenvalue weighted by Gasteiger charge is 2.14. The van der Waals surface area contributed by atoms with Crippen molar-refractivity contribution in [2.24, 2.45) is 7.05 Å². The van der Waals surface area contributed by atoms with Gasteiger partial charge in [0.15, 0.2) is 0 Å². The number of carbonyl (C=O) groups is 2. The van der Waals surface area contributed by atoms with Gasteiger partial charge in [-0.2, -0.15) is 5.10 Å². The van der Waals surface area contributed by atoms with E-state index in [9.17, 15) is 14.4 Å². The molecule has 0 fully saturated rings. The fourth-order valence-electron chi connectivity index (χ4n) is 2.56. The topological polar surface area (TPSA) is 86.4 Å². The van der Waals surface area contributed by atoms with Crippen LogP contribution in [0.1, 0.15) is 26.3 Å². The molecule has 2 aromatic heterocycles. The van der Waals surface area contributed by atoms with Crippen molar-refractivity contribution in [1.29, 1.82) is 0 Å². The number of carbonyl (C=O) groups excluding carboxylic acids is 2. The highest BCUT2D eigenvalue weighted by molar-refractivity contribution is 7.07. The van der Waals surface area contributed by atoms with E-state index >= 15 is 0 Å². The minimum atomic E-state index is -0.546. The van der Waals surface area contributed by atoms with Gasteiger partial charge in [0.1, 0.15) is 11.2 Å². The number of hydrogen-bond acceptors (Lipinski definition) is 6. The van der Waals surface area contributed by atoms with Crippen LogP contribution in [0, 0.1) is 0 Å². The highest BCUT2D eigenvalue weighted by atomic mass is 32.1. The predicted molar refractivity (Wildman–Crippen MR) is 104 cm³/mol. The van der Waals surface area contributed by atoms with Crippen molar-refractivity contribution in [2.45, 2.75) is 27.3 Å². The molecule has 2 aromatic rings. The molecule has 0 atom stereocenters. The predicted octanol–water partition coefficient (Wildman–Crippen LogP) is -0.316. The van der Waals surface area contributed by atoms with Gasteiger partial charge in [0.05, 0.1) is 23.4 Å². The Bertz CT molecular complexity index is 982. The zero-order valence-corrected chi connectivity index (χ0v) is 16.8. The molecule has 0 spiro atoms. The summed E-state index contributed by atoms with van der Waals surface area (Å²) in [7, 11) is 1.78. The number of nitrogens with zero attached hydrogens (tertiary/aromatic N) is 4. The van der Waals surface area contributed by atoms with Gasteiger partial charge in [-0.05, 0) is 26.8 Å². The number of aromatic nitrogens is 3. The molecule has 0 saturated carbocycles. The fraction of sp³-hybridized carbons (Fsp3) is 0.444. The Morgan fingerprint density at radius 2 is 2.00 bits per heavy atom. The molecular formula is C18H24N4O4S. The summed E-state index contributed by atoms with van der Waals surface area (Å²) in [5, 5.41) is 4.08. The van der Waals surface area contributed by atoms with Gasteiger partial charge in [0, 0.05) is 31.9 Å². The number of esters is 1. The first kappa shape index (κ1) is 20.6. The molecule has 27 heavy (non-hydrogen) atoms. The van der Waals surface area contributed by atoms with E-state index in [1.807, 2.05) is 13.8 Å². The summed E-state index contributed by atoms with van der Waals surface area (Å²) in [4.78, 5) is 38.8. The molecule has 0 unspecified atom stereocenters. The monoisotopic (exact) mass is 392 g/mol. The van der Waals surface area contributed by atoms with Crippen LogP contribution >= 0.6 is 11.3 Å². The van der Waals surface area contributed by atoms with E-state index in [1.165, 1.54) is 10.6 Å². The number of hydrogen-bond donors (Lipinski definition) is 0. The van der Waals surface area contributed by atoms with Crippen molar-refractivity contribution >= 4 is 35.4 Å². The quantitative estimate of drug-likeness (QED) is 0.603. The van der Waals surface area contributed by atoms with E-state index in [1.54, 1.807) is 42.0 Å². The van der Waals surface area contributed by atoms with Gasteiger partial charge < -0.3 is 9.64 Å². The molecule has 0 N–H and O–H groups in total. The summed E-state index contributed by atoms with van der Waals surface area (Å²) in [6.45, 7) is 6.69. The Hall–Kier alpha value is -2.68. The molecule has 0 aliphatic carbocycles. The number of aryl methyl sites for hydroxylation is 1. The Morgan fingerprint density at radius 1 is 1.30 bits per heavy atom. The molecule has 2 rings (SSSR count). The summed E-state index contributed by atoms with van der Waals surface area (Å²) in [6.07, 6.45) is 6.37.